The summed E-state index contributed by atoms with van der Waals surface area (Å²) in [5.74, 6) is -0.323. The fourth-order valence-corrected chi connectivity index (χ4v) is 2.45. The van der Waals surface area contributed by atoms with Crippen molar-refractivity contribution in [2.45, 2.75) is 32.6 Å². The highest BCUT2D eigenvalue weighted by molar-refractivity contribution is 5.78. The lowest BCUT2D eigenvalue weighted by atomic mass is 9.71. The number of rotatable bonds is 6. The number of aliphatic carboxylic acids is 1. The van der Waals surface area contributed by atoms with Gasteiger partial charge in [0.2, 0.25) is 0 Å². The molecular weight excluding hydrogens is 276 g/mol. The van der Waals surface area contributed by atoms with E-state index in [0.29, 0.717) is 18.8 Å². The van der Waals surface area contributed by atoms with Crippen molar-refractivity contribution in [2.75, 3.05) is 19.6 Å². The van der Waals surface area contributed by atoms with Gasteiger partial charge in [-0.1, -0.05) is 6.92 Å². The van der Waals surface area contributed by atoms with Crippen LogP contribution in [0.1, 0.15) is 32.6 Å². The molecule has 0 bridgehead atoms. The average molecular weight is 300 g/mol. The second-order valence-corrected chi connectivity index (χ2v) is 5.67. The van der Waals surface area contributed by atoms with E-state index >= 15 is 0 Å². The van der Waals surface area contributed by atoms with E-state index in [1.54, 1.807) is 0 Å². The van der Waals surface area contributed by atoms with E-state index < -0.39 is 23.4 Å². The van der Waals surface area contributed by atoms with Crippen LogP contribution in [-0.4, -0.2) is 42.8 Å². The summed E-state index contributed by atoms with van der Waals surface area (Å²) in [4.78, 5) is 33.5. The second-order valence-electron chi connectivity index (χ2n) is 5.67. The monoisotopic (exact) mass is 300 g/mol. The lowest BCUT2D eigenvalue weighted by Gasteiger charge is -2.35. The Labute approximate surface area is 123 Å². The number of nitrogens with one attached hydrogen (secondary N) is 3. The molecule has 0 atom stereocenters. The zero-order valence-electron chi connectivity index (χ0n) is 12.3. The number of carboxylic acid groups (broad SMARTS) is 1. The molecule has 0 saturated heterocycles. The number of hydrogen-bond acceptors (Lipinski definition) is 3. The topological polar surface area (TPSA) is 134 Å². The lowest BCUT2D eigenvalue weighted by Crippen LogP contribution is -2.48. The van der Waals surface area contributed by atoms with Crippen molar-refractivity contribution < 1.29 is 19.5 Å². The maximum Gasteiger partial charge on any atom is 0.314 e. The Morgan fingerprint density at radius 2 is 1.71 bits per heavy atom. The van der Waals surface area contributed by atoms with Crippen LogP contribution in [0.25, 0.3) is 0 Å². The molecule has 1 aliphatic rings. The summed E-state index contributed by atoms with van der Waals surface area (Å²) in [6.45, 7) is 2.68. The third kappa shape index (κ3) is 5.49. The van der Waals surface area contributed by atoms with Gasteiger partial charge in [0.25, 0.3) is 0 Å². The minimum atomic E-state index is -0.866. The molecule has 1 fully saturated rings. The van der Waals surface area contributed by atoms with Gasteiger partial charge < -0.3 is 26.8 Å². The molecule has 0 spiro atoms. The largest absolute Gasteiger partial charge is 0.481 e. The van der Waals surface area contributed by atoms with Crippen LogP contribution in [0.5, 0.6) is 0 Å². The van der Waals surface area contributed by atoms with Crippen LogP contribution in [0.2, 0.25) is 0 Å². The van der Waals surface area contributed by atoms with Crippen molar-refractivity contribution in [1.29, 1.82) is 0 Å². The number of primary amides is 1. The fourth-order valence-electron chi connectivity index (χ4n) is 2.45. The highest BCUT2D eigenvalue weighted by atomic mass is 16.4. The summed E-state index contributed by atoms with van der Waals surface area (Å²) in [5, 5.41) is 16.9. The summed E-state index contributed by atoms with van der Waals surface area (Å²) in [7, 11) is 0. The highest BCUT2D eigenvalue weighted by Gasteiger charge is 2.41. The van der Waals surface area contributed by atoms with E-state index in [4.69, 9.17) is 5.73 Å². The number of carbonyl (C=O) groups excluding carboxylic acids is 2. The summed E-state index contributed by atoms with van der Waals surface area (Å²) in [6, 6.07) is -1.10. The maximum atomic E-state index is 11.6. The van der Waals surface area contributed by atoms with Gasteiger partial charge in [-0.05, 0) is 31.6 Å². The molecule has 6 N–H and O–H groups in total. The summed E-state index contributed by atoms with van der Waals surface area (Å²) < 4.78 is 0. The molecule has 4 amide bonds. The first-order chi connectivity index (χ1) is 9.85. The molecule has 120 valence electrons. The molecule has 0 radical (unpaired) electrons. The molecule has 0 heterocycles. The van der Waals surface area contributed by atoms with Crippen LogP contribution in [0.3, 0.4) is 0 Å². The summed E-state index contributed by atoms with van der Waals surface area (Å²) in [5.41, 5.74) is 4.02. The summed E-state index contributed by atoms with van der Waals surface area (Å²) >= 11 is 0. The zero-order chi connectivity index (χ0) is 15.9. The number of urea groups is 2. The van der Waals surface area contributed by atoms with Gasteiger partial charge in [-0.2, -0.15) is 0 Å². The Balaban J connectivity index is 2.35. The molecule has 1 rings (SSSR count). The van der Waals surface area contributed by atoms with Crippen LogP contribution in [0.15, 0.2) is 0 Å². The van der Waals surface area contributed by atoms with Gasteiger partial charge in [0.1, 0.15) is 0 Å². The van der Waals surface area contributed by atoms with Crippen molar-refractivity contribution in [3.8, 4) is 0 Å². The van der Waals surface area contributed by atoms with E-state index in [2.05, 4.69) is 22.9 Å². The van der Waals surface area contributed by atoms with Gasteiger partial charge in [-0.25, -0.2) is 9.59 Å². The van der Waals surface area contributed by atoms with Crippen LogP contribution < -0.4 is 21.7 Å². The SMILES string of the molecule is CC1CCC(CNC(=O)NCCNC(N)=O)(C(=O)O)CC1. The molecule has 0 aliphatic heterocycles. The predicted octanol–water partition coefficient (Wildman–Crippen LogP) is 0.235. The zero-order valence-corrected chi connectivity index (χ0v) is 12.3. The minimum absolute atomic E-state index is 0.115. The first-order valence-electron chi connectivity index (χ1n) is 7.14. The van der Waals surface area contributed by atoms with E-state index in [0.717, 1.165) is 12.8 Å². The van der Waals surface area contributed by atoms with Gasteiger partial charge in [0.15, 0.2) is 0 Å². The Morgan fingerprint density at radius 3 is 2.24 bits per heavy atom. The molecule has 0 unspecified atom stereocenters. The Bertz CT molecular complexity index is 392. The molecule has 1 aliphatic carbocycles. The van der Waals surface area contributed by atoms with Crippen molar-refractivity contribution in [2.24, 2.45) is 17.1 Å². The molecule has 0 aromatic carbocycles. The predicted molar refractivity (Wildman–Crippen MR) is 76.7 cm³/mol. The third-order valence-electron chi connectivity index (χ3n) is 3.98. The highest BCUT2D eigenvalue weighted by Crippen LogP contribution is 2.38. The Kier molecular flexibility index (Phi) is 6.26. The van der Waals surface area contributed by atoms with Crippen molar-refractivity contribution >= 4 is 18.0 Å². The summed E-state index contributed by atoms with van der Waals surface area (Å²) in [6.07, 6.45) is 2.87. The van der Waals surface area contributed by atoms with E-state index in [1.807, 2.05) is 0 Å². The van der Waals surface area contributed by atoms with E-state index in [1.165, 1.54) is 0 Å². The number of nitrogens with two attached hydrogens (primary N) is 1. The quantitative estimate of drug-likeness (QED) is 0.449. The molecule has 8 heteroatoms. The first kappa shape index (κ1) is 17.1. The maximum absolute atomic E-state index is 11.6. The normalized spacial score (nSPS) is 24.9. The molecule has 0 aromatic heterocycles. The smallest absolute Gasteiger partial charge is 0.314 e. The van der Waals surface area contributed by atoms with E-state index in [9.17, 15) is 19.5 Å². The van der Waals surface area contributed by atoms with Gasteiger partial charge in [0.05, 0.1) is 5.41 Å². The van der Waals surface area contributed by atoms with Gasteiger partial charge in [-0.15, -0.1) is 0 Å². The standard InChI is InChI=1S/C13H24N4O4/c1-9-2-4-13(5-3-9,10(18)19)8-17-12(21)16-7-6-15-11(14)20/h9H,2-8H2,1H3,(H,18,19)(H3,14,15,20)(H2,16,17,21). The number of hydrogen-bond donors (Lipinski definition) is 5. The number of carbonyl (C=O) groups is 3. The Hall–Kier alpha value is -1.99. The average Bonchev–Trinajstić information content (AvgIpc) is 2.43. The van der Waals surface area contributed by atoms with Crippen LogP contribution in [0.4, 0.5) is 9.59 Å². The van der Waals surface area contributed by atoms with Crippen molar-refractivity contribution in [1.82, 2.24) is 16.0 Å². The number of amides is 4. The third-order valence-corrected chi connectivity index (χ3v) is 3.98. The second kappa shape index (κ2) is 7.70. The molecule has 1 saturated carbocycles. The molecule has 21 heavy (non-hydrogen) atoms. The molecular formula is C13H24N4O4. The van der Waals surface area contributed by atoms with Crippen molar-refractivity contribution in [3.63, 3.8) is 0 Å². The van der Waals surface area contributed by atoms with Crippen LogP contribution >= 0.6 is 0 Å². The van der Waals surface area contributed by atoms with Gasteiger partial charge in [-0.3, -0.25) is 4.79 Å². The van der Waals surface area contributed by atoms with Crippen molar-refractivity contribution in [3.05, 3.63) is 0 Å². The lowest BCUT2D eigenvalue weighted by molar-refractivity contribution is -0.151. The molecule has 8 nitrogen and oxygen atoms in total. The Morgan fingerprint density at radius 1 is 1.14 bits per heavy atom. The van der Waals surface area contributed by atoms with Gasteiger partial charge >= 0.3 is 18.0 Å². The van der Waals surface area contributed by atoms with Crippen LogP contribution in [-0.2, 0) is 4.79 Å². The first-order valence-corrected chi connectivity index (χ1v) is 7.14. The number of carboxylic acids is 1. The minimum Gasteiger partial charge on any atom is -0.481 e. The van der Waals surface area contributed by atoms with Gasteiger partial charge in [0, 0.05) is 19.6 Å². The fraction of sp³-hybridized carbons (Fsp3) is 0.769. The van der Waals surface area contributed by atoms with Crippen LogP contribution in [0, 0.1) is 11.3 Å². The molecule has 0 aromatic rings. The van der Waals surface area contributed by atoms with E-state index in [-0.39, 0.29) is 19.6 Å².